The zero-order valence-electron chi connectivity index (χ0n) is 16.4. The van der Waals surface area contributed by atoms with Gasteiger partial charge in [0.15, 0.2) is 23.1 Å². The maximum absolute atomic E-state index is 13.1. The van der Waals surface area contributed by atoms with E-state index >= 15 is 0 Å². The fourth-order valence-electron chi connectivity index (χ4n) is 2.89. The number of benzene rings is 2. The molecule has 0 spiro atoms. The molecule has 2 aromatic heterocycles. The minimum Gasteiger partial charge on any atom is -0.493 e. The van der Waals surface area contributed by atoms with Gasteiger partial charge >= 0.3 is 6.18 Å². The number of hydrogen-bond acceptors (Lipinski definition) is 7. The molecule has 4 rings (SSSR count). The smallest absolute Gasteiger partial charge is 0.451 e. The van der Waals surface area contributed by atoms with Crippen LogP contribution in [0.1, 0.15) is 11.6 Å². The number of ether oxygens (including phenoxy) is 3. The highest BCUT2D eigenvalue weighted by atomic mass is 19.4. The Labute approximate surface area is 174 Å². The van der Waals surface area contributed by atoms with Gasteiger partial charge in [0.2, 0.25) is 11.7 Å². The van der Waals surface area contributed by atoms with Crippen molar-refractivity contribution in [1.29, 1.82) is 0 Å². The summed E-state index contributed by atoms with van der Waals surface area (Å²) in [7, 11) is 3.04. The van der Waals surface area contributed by atoms with E-state index < -0.39 is 12.0 Å². The molecule has 11 heteroatoms. The van der Waals surface area contributed by atoms with Gasteiger partial charge in [-0.3, -0.25) is 5.10 Å². The highest BCUT2D eigenvalue weighted by Crippen LogP contribution is 2.32. The first-order valence-electron chi connectivity index (χ1n) is 8.99. The Morgan fingerprint density at radius 2 is 1.71 bits per heavy atom. The molecule has 0 aliphatic rings. The first-order chi connectivity index (χ1) is 14.9. The lowest BCUT2D eigenvalue weighted by molar-refractivity contribution is -0.145. The lowest BCUT2D eigenvalue weighted by Crippen LogP contribution is -2.12. The van der Waals surface area contributed by atoms with E-state index in [1.165, 1.54) is 20.3 Å². The van der Waals surface area contributed by atoms with Crippen LogP contribution in [0.3, 0.4) is 0 Å². The van der Waals surface area contributed by atoms with Crippen LogP contribution in [-0.4, -0.2) is 39.4 Å². The summed E-state index contributed by atoms with van der Waals surface area (Å²) in [5.74, 6) is 0.270. The number of nitrogens with one attached hydrogen (secondary N) is 1. The third-order valence-corrected chi connectivity index (χ3v) is 4.34. The number of aromatic nitrogens is 5. The van der Waals surface area contributed by atoms with Crippen molar-refractivity contribution in [3.8, 4) is 28.8 Å². The molecule has 0 radical (unpaired) electrons. The number of fused-ring (bicyclic) bond motifs is 1. The van der Waals surface area contributed by atoms with Gasteiger partial charge in [-0.15, -0.1) is 0 Å². The van der Waals surface area contributed by atoms with E-state index in [0.29, 0.717) is 34.1 Å². The highest BCUT2D eigenvalue weighted by molar-refractivity contribution is 5.83. The number of hydrogen-bond donors (Lipinski definition) is 1. The zero-order chi connectivity index (χ0) is 22.0. The van der Waals surface area contributed by atoms with Crippen LogP contribution in [0.2, 0.25) is 0 Å². The maximum atomic E-state index is 13.1. The van der Waals surface area contributed by atoms with Crippen molar-refractivity contribution in [2.75, 3.05) is 14.2 Å². The number of nitrogens with zero attached hydrogens (tertiary/aromatic N) is 4. The molecule has 0 amide bonds. The second kappa shape index (κ2) is 8.09. The summed E-state index contributed by atoms with van der Waals surface area (Å²) in [5.41, 5.74) is 0.787. The Bertz CT molecular complexity index is 1230. The van der Waals surface area contributed by atoms with Crippen molar-refractivity contribution in [3.05, 3.63) is 54.1 Å². The summed E-state index contributed by atoms with van der Waals surface area (Å²) in [4.78, 5) is 11.4. The largest absolute Gasteiger partial charge is 0.493 e. The van der Waals surface area contributed by atoms with Crippen molar-refractivity contribution in [2.45, 2.75) is 12.8 Å². The second-order valence-corrected chi connectivity index (χ2v) is 6.33. The number of halogens is 3. The molecular formula is C20H16F3N5O3. The average molecular weight is 431 g/mol. The van der Waals surface area contributed by atoms with E-state index in [1.54, 1.807) is 36.4 Å². The predicted octanol–water partition coefficient (Wildman–Crippen LogP) is 4.03. The van der Waals surface area contributed by atoms with Crippen LogP contribution in [-0.2, 0) is 12.8 Å². The molecule has 0 unspecified atom stereocenters. The zero-order valence-corrected chi connectivity index (χ0v) is 16.4. The molecular weight excluding hydrogens is 415 g/mol. The van der Waals surface area contributed by atoms with Gasteiger partial charge in [0.25, 0.3) is 0 Å². The van der Waals surface area contributed by atoms with Crippen molar-refractivity contribution in [1.82, 2.24) is 25.1 Å². The average Bonchev–Trinajstić information content (AvgIpc) is 3.25. The SMILES string of the molecule is COc1ccc(-c2n[nH]c(COc3nc(C(F)(F)F)nc4ccccc34)n2)cc1OC. The molecule has 0 aliphatic heterocycles. The lowest BCUT2D eigenvalue weighted by atomic mass is 10.2. The van der Waals surface area contributed by atoms with Crippen LogP contribution in [0.5, 0.6) is 17.4 Å². The standard InChI is InChI=1S/C20H16F3N5O3/c1-29-14-8-7-11(9-15(14)30-2)17-25-16(27-28-17)10-31-18-12-5-3-4-6-13(12)24-19(26-18)20(21,22)23/h3-9H,10H2,1-2H3,(H,25,27,28). The molecule has 160 valence electrons. The fourth-order valence-corrected chi connectivity index (χ4v) is 2.89. The minimum absolute atomic E-state index is 0.128. The van der Waals surface area contributed by atoms with Gasteiger partial charge in [0, 0.05) is 5.56 Å². The number of alkyl halides is 3. The number of methoxy groups -OCH3 is 2. The van der Waals surface area contributed by atoms with Crippen LogP contribution in [0, 0.1) is 0 Å². The molecule has 2 aromatic carbocycles. The summed E-state index contributed by atoms with van der Waals surface area (Å²) < 4.78 is 55.4. The van der Waals surface area contributed by atoms with E-state index in [2.05, 4.69) is 25.1 Å². The van der Waals surface area contributed by atoms with Gasteiger partial charge in [-0.1, -0.05) is 12.1 Å². The topological polar surface area (TPSA) is 95.0 Å². The molecule has 0 bridgehead atoms. The summed E-state index contributed by atoms with van der Waals surface area (Å²) in [6.07, 6.45) is -4.70. The number of rotatable bonds is 6. The van der Waals surface area contributed by atoms with E-state index in [9.17, 15) is 13.2 Å². The van der Waals surface area contributed by atoms with E-state index in [-0.39, 0.29) is 18.0 Å². The molecule has 0 atom stereocenters. The van der Waals surface area contributed by atoms with Gasteiger partial charge in [0.05, 0.1) is 25.1 Å². The van der Waals surface area contributed by atoms with Crippen LogP contribution in [0.4, 0.5) is 13.2 Å². The van der Waals surface area contributed by atoms with Crippen LogP contribution < -0.4 is 14.2 Å². The van der Waals surface area contributed by atoms with Gasteiger partial charge < -0.3 is 14.2 Å². The number of para-hydroxylation sites is 1. The van der Waals surface area contributed by atoms with E-state index in [4.69, 9.17) is 14.2 Å². The lowest BCUT2D eigenvalue weighted by Gasteiger charge is -2.10. The summed E-state index contributed by atoms with van der Waals surface area (Å²) in [6, 6.07) is 11.5. The van der Waals surface area contributed by atoms with Crippen LogP contribution in [0.15, 0.2) is 42.5 Å². The number of aromatic amines is 1. The molecule has 31 heavy (non-hydrogen) atoms. The van der Waals surface area contributed by atoms with Crippen LogP contribution in [0.25, 0.3) is 22.3 Å². The third kappa shape index (κ3) is 4.20. The number of H-pyrrole nitrogens is 1. The molecule has 1 N–H and O–H groups in total. The molecule has 0 aliphatic carbocycles. The molecule has 2 heterocycles. The Morgan fingerprint density at radius 1 is 0.935 bits per heavy atom. The van der Waals surface area contributed by atoms with Crippen molar-refractivity contribution in [2.24, 2.45) is 0 Å². The van der Waals surface area contributed by atoms with Gasteiger partial charge in [0.1, 0.15) is 6.61 Å². The fraction of sp³-hybridized carbons (Fsp3) is 0.200. The van der Waals surface area contributed by atoms with Crippen molar-refractivity contribution >= 4 is 10.9 Å². The Kier molecular flexibility index (Phi) is 5.32. The Morgan fingerprint density at radius 3 is 2.45 bits per heavy atom. The van der Waals surface area contributed by atoms with Crippen molar-refractivity contribution < 1.29 is 27.4 Å². The normalized spacial score (nSPS) is 11.5. The second-order valence-electron chi connectivity index (χ2n) is 6.33. The summed E-state index contributed by atoms with van der Waals surface area (Å²) in [6.45, 7) is -0.168. The Balaban J connectivity index is 1.59. The van der Waals surface area contributed by atoms with Gasteiger partial charge in [-0.25, -0.2) is 9.97 Å². The first-order valence-corrected chi connectivity index (χ1v) is 8.99. The predicted molar refractivity (Wildman–Crippen MR) is 104 cm³/mol. The minimum atomic E-state index is -4.70. The molecule has 8 nitrogen and oxygen atoms in total. The summed E-state index contributed by atoms with van der Waals surface area (Å²) >= 11 is 0. The van der Waals surface area contributed by atoms with Gasteiger partial charge in [-0.05, 0) is 30.3 Å². The maximum Gasteiger partial charge on any atom is 0.451 e. The van der Waals surface area contributed by atoms with Crippen molar-refractivity contribution in [3.63, 3.8) is 0 Å². The Hall–Kier alpha value is -3.89. The monoisotopic (exact) mass is 431 g/mol. The van der Waals surface area contributed by atoms with Crippen LogP contribution >= 0.6 is 0 Å². The summed E-state index contributed by atoms with van der Waals surface area (Å²) in [5, 5.41) is 7.19. The third-order valence-electron chi connectivity index (χ3n) is 4.34. The quantitative estimate of drug-likeness (QED) is 0.493. The molecule has 0 saturated carbocycles. The molecule has 0 saturated heterocycles. The molecule has 4 aromatic rings. The first kappa shape index (κ1) is 20.4. The van der Waals surface area contributed by atoms with E-state index in [1.807, 2.05) is 0 Å². The molecule has 0 fully saturated rings. The van der Waals surface area contributed by atoms with E-state index in [0.717, 1.165) is 0 Å². The highest BCUT2D eigenvalue weighted by Gasteiger charge is 2.35. The van der Waals surface area contributed by atoms with Gasteiger partial charge in [-0.2, -0.15) is 23.3 Å².